The molecule has 2 aromatic heterocycles. The van der Waals surface area contributed by atoms with Crippen LogP contribution in [0.3, 0.4) is 0 Å². The Hall–Kier alpha value is -2.80. The van der Waals surface area contributed by atoms with Crippen LogP contribution in [0.1, 0.15) is 16.4 Å². The summed E-state index contributed by atoms with van der Waals surface area (Å²) < 4.78 is 18.6. The fourth-order valence-corrected chi connectivity index (χ4v) is 3.66. The van der Waals surface area contributed by atoms with Crippen LogP contribution in [0.2, 0.25) is 0 Å². The van der Waals surface area contributed by atoms with Crippen molar-refractivity contribution in [3.63, 3.8) is 0 Å². The highest BCUT2D eigenvalue weighted by molar-refractivity contribution is 7.14. The van der Waals surface area contributed by atoms with Crippen molar-refractivity contribution in [2.75, 3.05) is 7.11 Å². The molecule has 25 heavy (non-hydrogen) atoms. The SMILES string of the molecule is COc1c(-c2nnc(Cc3ccc(F)cc3)s2)ccc2[nH]c(C)nc12. The molecular weight excluding hydrogens is 339 g/mol. The van der Waals surface area contributed by atoms with Crippen molar-refractivity contribution in [2.45, 2.75) is 13.3 Å². The normalized spacial score (nSPS) is 11.2. The number of hydrogen-bond donors (Lipinski definition) is 1. The maximum Gasteiger partial charge on any atom is 0.156 e. The Kier molecular flexibility index (Phi) is 3.93. The predicted molar refractivity (Wildman–Crippen MR) is 95.5 cm³/mol. The molecule has 0 aliphatic carbocycles. The number of hydrogen-bond acceptors (Lipinski definition) is 5. The average molecular weight is 354 g/mol. The second kappa shape index (κ2) is 6.25. The standard InChI is InChI=1S/C18H15FN4OS/c1-10-20-14-8-7-13(17(24-2)16(14)21-10)18-23-22-15(25-18)9-11-3-5-12(19)6-4-11/h3-8H,9H2,1-2H3,(H,20,21). The van der Waals surface area contributed by atoms with Gasteiger partial charge in [0, 0.05) is 6.42 Å². The first kappa shape index (κ1) is 15.7. The predicted octanol–water partition coefficient (Wildman–Crippen LogP) is 4.13. The summed E-state index contributed by atoms with van der Waals surface area (Å²) in [6.07, 6.45) is 0.615. The molecule has 5 nitrogen and oxygen atoms in total. The summed E-state index contributed by atoms with van der Waals surface area (Å²) in [5.41, 5.74) is 3.57. The van der Waals surface area contributed by atoms with Crippen LogP contribution in [0.25, 0.3) is 21.6 Å². The van der Waals surface area contributed by atoms with Gasteiger partial charge >= 0.3 is 0 Å². The smallest absolute Gasteiger partial charge is 0.156 e. The number of H-pyrrole nitrogens is 1. The van der Waals surface area contributed by atoms with Crippen LogP contribution in [-0.2, 0) is 6.42 Å². The van der Waals surface area contributed by atoms with Gasteiger partial charge in [0.25, 0.3) is 0 Å². The van der Waals surface area contributed by atoms with E-state index in [0.29, 0.717) is 12.2 Å². The van der Waals surface area contributed by atoms with E-state index in [1.807, 2.05) is 19.1 Å². The second-order valence-corrected chi connectivity index (χ2v) is 6.73. The number of halogens is 1. The lowest BCUT2D eigenvalue weighted by Gasteiger charge is -2.05. The Balaban J connectivity index is 1.69. The molecule has 2 aromatic carbocycles. The lowest BCUT2D eigenvalue weighted by atomic mass is 10.2. The fraction of sp³-hybridized carbons (Fsp3) is 0.167. The summed E-state index contributed by atoms with van der Waals surface area (Å²) in [7, 11) is 1.63. The fourth-order valence-electron chi connectivity index (χ4n) is 2.76. The molecule has 0 amide bonds. The molecule has 4 aromatic rings. The number of aromatic amines is 1. The quantitative estimate of drug-likeness (QED) is 0.598. The van der Waals surface area contributed by atoms with Gasteiger partial charge < -0.3 is 9.72 Å². The first-order valence-electron chi connectivity index (χ1n) is 7.74. The molecule has 7 heteroatoms. The Bertz CT molecular complexity index is 1040. The molecule has 0 aliphatic rings. The van der Waals surface area contributed by atoms with Crippen molar-refractivity contribution in [3.05, 3.63) is 58.6 Å². The molecule has 0 atom stereocenters. The molecule has 0 unspecified atom stereocenters. The summed E-state index contributed by atoms with van der Waals surface area (Å²) in [5.74, 6) is 1.28. The summed E-state index contributed by atoms with van der Waals surface area (Å²) in [6.45, 7) is 1.91. The van der Waals surface area contributed by atoms with Gasteiger partial charge in [0.1, 0.15) is 22.2 Å². The van der Waals surface area contributed by atoms with Gasteiger partial charge in [0.05, 0.1) is 18.2 Å². The minimum atomic E-state index is -0.242. The third kappa shape index (κ3) is 2.98. The first-order valence-corrected chi connectivity index (χ1v) is 8.56. The highest BCUT2D eigenvalue weighted by atomic mass is 32.1. The number of rotatable bonds is 4. The van der Waals surface area contributed by atoms with Crippen molar-refractivity contribution >= 4 is 22.4 Å². The highest BCUT2D eigenvalue weighted by Gasteiger charge is 2.17. The number of aromatic nitrogens is 4. The molecule has 0 saturated heterocycles. The average Bonchev–Trinajstić information content (AvgIpc) is 3.21. The van der Waals surface area contributed by atoms with Gasteiger partial charge in [-0.1, -0.05) is 23.5 Å². The number of imidazole rings is 1. The topological polar surface area (TPSA) is 63.7 Å². The van der Waals surface area contributed by atoms with Gasteiger partial charge in [-0.3, -0.25) is 0 Å². The van der Waals surface area contributed by atoms with Crippen molar-refractivity contribution < 1.29 is 9.13 Å². The van der Waals surface area contributed by atoms with Gasteiger partial charge in [0.15, 0.2) is 10.8 Å². The van der Waals surface area contributed by atoms with E-state index in [9.17, 15) is 4.39 Å². The number of nitrogens with one attached hydrogen (secondary N) is 1. The van der Waals surface area contributed by atoms with Crippen molar-refractivity contribution in [3.8, 4) is 16.3 Å². The molecule has 0 spiro atoms. The number of nitrogens with zero attached hydrogens (tertiary/aromatic N) is 3. The van der Waals surface area contributed by atoms with Crippen molar-refractivity contribution in [1.82, 2.24) is 20.2 Å². The molecule has 0 saturated carbocycles. The minimum absolute atomic E-state index is 0.242. The molecule has 126 valence electrons. The Morgan fingerprint density at radius 2 is 1.92 bits per heavy atom. The van der Waals surface area contributed by atoms with Crippen LogP contribution in [0.4, 0.5) is 4.39 Å². The number of ether oxygens (including phenoxy) is 1. The number of benzene rings is 2. The van der Waals surface area contributed by atoms with E-state index in [4.69, 9.17) is 4.74 Å². The van der Waals surface area contributed by atoms with Gasteiger partial charge in [-0.15, -0.1) is 10.2 Å². The molecule has 0 fully saturated rings. The largest absolute Gasteiger partial charge is 0.494 e. The second-order valence-electron chi connectivity index (χ2n) is 5.67. The Morgan fingerprint density at radius 1 is 1.12 bits per heavy atom. The summed E-state index contributed by atoms with van der Waals surface area (Å²) >= 11 is 1.50. The van der Waals surface area contributed by atoms with Crippen LogP contribution in [0.5, 0.6) is 5.75 Å². The van der Waals surface area contributed by atoms with Crippen LogP contribution >= 0.6 is 11.3 Å². The highest BCUT2D eigenvalue weighted by Crippen LogP contribution is 2.37. The Morgan fingerprint density at radius 3 is 2.68 bits per heavy atom. The molecule has 0 aliphatic heterocycles. The monoisotopic (exact) mass is 354 g/mol. The van der Waals surface area contributed by atoms with Crippen LogP contribution < -0.4 is 4.74 Å². The van der Waals surface area contributed by atoms with Crippen LogP contribution in [0.15, 0.2) is 36.4 Å². The van der Waals surface area contributed by atoms with E-state index >= 15 is 0 Å². The van der Waals surface area contributed by atoms with Gasteiger partial charge in [-0.05, 0) is 36.8 Å². The van der Waals surface area contributed by atoms with E-state index in [1.54, 1.807) is 19.2 Å². The molecule has 2 heterocycles. The van der Waals surface area contributed by atoms with Gasteiger partial charge in [-0.2, -0.15) is 0 Å². The number of fused-ring (bicyclic) bond motifs is 1. The maximum absolute atomic E-state index is 13.0. The van der Waals surface area contributed by atoms with Crippen LogP contribution in [0, 0.1) is 12.7 Å². The van der Waals surface area contributed by atoms with Crippen LogP contribution in [-0.4, -0.2) is 27.3 Å². The van der Waals surface area contributed by atoms with E-state index in [-0.39, 0.29) is 5.82 Å². The van der Waals surface area contributed by atoms with E-state index in [0.717, 1.165) is 38.0 Å². The van der Waals surface area contributed by atoms with Crippen molar-refractivity contribution in [1.29, 1.82) is 0 Å². The molecule has 4 rings (SSSR count). The number of aryl methyl sites for hydroxylation is 1. The molecule has 0 bridgehead atoms. The summed E-state index contributed by atoms with van der Waals surface area (Å²) in [4.78, 5) is 7.69. The van der Waals surface area contributed by atoms with E-state index in [1.165, 1.54) is 23.5 Å². The lowest BCUT2D eigenvalue weighted by Crippen LogP contribution is -1.89. The molecular formula is C18H15FN4OS. The lowest BCUT2D eigenvalue weighted by molar-refractivity contribution is 0.420. The summed E-state index contributed by atoms with van der Waals surface area (Å²) in [5, 5.41) is 10.2. The zero-order valence-corrected chi connectivity index (χ0v) is 14.5. The third-order valence-electron chi connectivity index (χ3n) is 3.90. The van der Waals surface area contributed by atoms with Gasteiger partial charge in [-0.25, -0.2) is 9.37 Å². The van der Waals surface area contributed by atoms with E-state index in [2.05, 4.69) is 20.2 Å². The Labute approximate surface area is 147 Å². The maximum atomic E-state index is 13.0. The van der Waals surface area contributed by atoms with E-state index < -0.39 is 0 Å². The number of methoxy groups -OCH3 is 1. The molecule has 1 N–H and O–H groups in total. The zero-order valence-electron chi connectivity index (χ0n) is 13.7. The molecule has 0 radical (unpaired) electrons. The third-order valence-corrected chi connectivity index (χ3v) is 4.85. The van der Waals surface area contributed by atoms with Crippen molar-refractivity contribution in [2.24, 2.45) is 0 Å². The summed E-state index contributed by atoms with van der Waals surface area (Å²) in [6, 6.07) is 10.3. The van der Waals surface area contributed by atoms with Gasteiger partial charge in [0.2, 0.25) is 0 Å². The zero-order chi connectivity index (χ0) is 17.4. The first-order chi connectivity index (χ1) is 12.1. The minimum Gasteiger partial charge on any atom is -0.494 e.